The van der Waals surface area contributed by atoms with E-state index in [0.29, 0.717) is 0 Å². The first-order chi connectivity index (χ1) is 8.27. The van der Waals surface area contributed by atoms with Crippen LogP contribution in [0.5, 0.6) is 0 Å². The number of benzene rings is 1. The summed E-state index contributed by atoms with van der Waals surface area (Å²) in [7, 11) is 0. The minimum atomic E-state index is -0.316. The average Bonchev–Trinajstić information content (AvgIpc) is 2.71. The Labute approximate surface area is 105 Å². The van der Waals surface area contributed by atoms with E-state index in [1.54, 1.807) is 11.3 Å². The van der Waals surface area contributed by atoms with Gasteiger partial charge in [-0.25, -0.2) is 0 Å². The first-order valence-electron chi connectivity index (χ1n) is 5.90. The van der Waals surface area contributed by atoms with Crippen molar-refractivity contribution < 1.29 is 0 Å². The van der Waals surface area contributed by atoms with E-state index in [1.165, 1.54) is 10.1 Å². The highest BCUT2D eigenvalue weighted by molar-refractivity contribution is 7.17. The third-order valence-corrected chi connectivity index (χ3v) is 4.89. The Bertz CT molecular complexity index is 590. The maximum Gasteiger partial charge on any atom is 0.0766 e. The fraction of sp³-hybridized carbons (Fsp3) is 0.357. The van der Waals surface area contributed by atoms with Gasteiger partial charge < -0.3 is 5.73 Å². The number of rotatable bonds is 2. The number of thiophene rings is 1. The van der Waals surface area contributed by atoms with Gasteiger partial charge in [0.25, 0.3) is 0 Å². The van der Waals surface area contributed by atoms with E-state index >= 15 is 0 Å². The van der Waals surface area contributed by atoms with Gasteiger partial charge in [-0.3, -0.25) is 0 Å². The summed E-state index contributed by atoms with van der Waals surface area (Å²) in [5.41, 5.74) is 7.17. The van der Waals surface area contributed by atoms with Gasteiger partial charge in [-0.1, -0.05) is 24.6 Å². The molecule has 2 N–H and O–H groups in total. The molecule has 0 radical (unpaired) electrons. The molecule has 1 heterocycles. The fourth-order valence-electron chi connectivity index (χ4n) is 2.59. The van der Waals surface area contributed by atoms with Crippen molar-refractivity contribution in [1.82, 2.24) is 0 Å². The van der Waals surface area contributed by atoms with E-state index in [2.05, 4.69) is 23.6 Å². The predicted octanol–water partition coefficient (Wildman–Crippen LogP) is 3.59. The molecule has 3 heteroatoms. The Kier molecular flexibility index (Phi) is 2.43. The van der Waals surface area contributed by atoms with E-state index in [0.717, 1.165) is 24.8 Å². The monoisotopic (exact) mass is 242 g/mol. The molecule has 1 aliphatic rings. The number of fused-ring (bicyclic) bond motifs is 1. The summed E-state index contributed by atoms with van der Waals surface area (Å²) in [6.45, 7) is 0. The quantitative estimate of drug-likeness (QED) is 0.874. The molecule has 1 aromatic heterocycles. The molecule has 0 spiro atoms. The number of nitrogens with two attached hydrogens (primary N) is 1. The van der Waals surface area contributed by atoms with Crippen LogP contribution in [0.3, 0.4) is 0 Å². The second-order valence-electron chi connectivity index (χ2n) is 4.79. The van der Waals surface area contributed by atoms with Crippen molar-refractivity contribution in [3.63, 3.8) is 0 Å². The summed E-state index contributed by atoms with van der Waals surface area (Å²) < 4.78 is 1.25. The zero-order chi connectivity index (χ0) is 11.9. The molecule has 0 aliphatic heterocycles. The van der Waals surface area contributed by atoms with E-state index in [9.17, 15) is 5.26 Å². The van der Waals surface area contributed by atoms with Crippen LogP contribution in [0.2, 0.25) is 0 Å². The van der Waals surface area contributed by atoms with E-state index in [1.807, 2.05) is 12.1 Å². The molecule has 0 amide bonds. The lowest BCUT2D eigenvalue weighted by Gasteiger charge is -2.40. The van der Waals surface area contributed by atoms with E-state index < -0.39 is 0 Å². The lowest BCUT2D eigenvalue weighted by molar-refractivity contribution is 0.170. The van der Waals surface area contributed by atoms with Crippen LogP contribution in [0.25, 0.3) is 10.1 Å². The second kappa shape index (κ2) is 3.83. The molecule has 0 bridgehead atoms. The Morgan fingerprint density at radius 3 is 2.76 bits per heavy atom. The van der Waals surface area contributed by atoms with Crippen molar-refractivity contribution in [3.05, 3.63) is 35.2 Å². The molecule has 3 rings (SSSR count). The first-order valence-corrected chi connectivity index (χ1v) is 6.78. The molecule has 1 saturated carbocycles. The van der Waals surface area contributed by atoms with Gasteiger partial charge in [-0.05, 0) is 35.2 Å². The summed E-state index contributed by atoms with van der Waals surface area (Å²) in [6, 6.07) is 10.6. The van der Waals surface area contributed by atoms with Crippen LogP contribution in [0.4, 0.5) is 0 Å². The molecule has 0 saturated heterocycles. The topological polar surface area (TPSA) is 49.8 Å². The third kappa shape index (κ3) is 1.49. The predicted molar refractivity (Wildman–Crippen MR) is 70.7 cm³/mol. The summed E-state index contributed by atoms with van der Waals surface area (Å²) in [5, 5.41) is 12.7. The maximum atomic E-state index is 9.35. The second-order valence-corrected chi connectivity index (χ2v) is 5.70. The van der Waals surface area contributed by atoms with Crippen LogP contribution in [0.15, 0.2) is 29.6 Å². The lowest BCUT2D eigenvalue weighted by Crippen LogP contribution is -2.39. The third-order valence-electron chi connectivity index (χ3n) is 3.91. The van der Waals surface area contributed by atoms with Crippen LogP contribution >= 0.6 is 11.3 Å². The Morgan fingerprint density at radius 2 is 2.12 bits per heavy atom. The van der Waals surface area contributed by atoms with Gasteiger partial charge in [0.15, 0.2) is 0 Å². The largest absolute Gasteiger partial charge is 0.323 e. The fourth-order valence-corrected chi connectivity index (χ4v) is 3.58. The molecule has 86 valence electrons. The minimum absolute atomic E-state index is 0.141. The van der Waals surface area contributed by atoms with Crippen LogP contribution in [-0.4, -0.2) is 0 Å². The lowest BCUT2D eigenvalue weighted by atomic mass is 9.64. The van der Waals surface area contributed by atoms with Crippen LogP contribution in [0.1, 0.15) is 30.9 Å². The SMILES string of the molecule is N#CC1(C(N)c2csc3ccccc23)CCC1. The van der Waals surface area contributed by atoms with Crippen LogP contribution < -0.4 is 5.73 Å². The molecule has 1 fully saturated rings. The van der Waals surface area contributed by atoms with Crippen molar-refractivity contribution in [2.75, 3.05) is 0 Å². The molecule has 2 nitrogen and oxygen atoms in total. The zero-order valence-corrected chi connectivity index (χ0v) is 10.3. The highest BCUT2D eigenvalue weighted by Gasteiger charge is 2.44. The number of nitriles is 1. The van der Waals surface area contributed by atoms with Crippen molar-refractivity contribution in [2.24, 2.45) is 11.1 Å². The standard InChI is InChI=1S/C14H14N2S/c15-9-14(6-3-7-14)13(16)11-8-17-12-5-2-1-4-10(11)12/h1-2,4-5,8,13H,3,6-7,16H2. The molecule has 1 aromatic carbocycles. The van der Waals surface area contributed by atoms with Gasteiger partial charge in [-0.15, -0.1) is 11.3 Å². The molecule has 17 heavy (non-hydrogen) atoms. The number of hydrogen-bond donors (Lipinski definition) is 1. The molecule has 1 atom stereocenters. The van der Waals surface area contributed by atoms with Crippen molar-refractivity contribution in [3.8, 4) is 6.07 Å². The van der Waals surface area contributed by atoms with E-state index in [-0.39, 0.29) is 11.5 Å². The van der Waals surface area contributed by atoms with Gasteiger partial charge in [0.2, 0.25) is 0 Å². The van der Waals surface area contributed by atoms with Crippen molar-refractivity contribution >= 4 is 21.4 Å². The van der Waals surface area contributed by atoms with Crippen molar-refractivity contribution in [2.45, 2.75) is 25.3 Å². The van der Waals surface area contributed by atoms with Crippen LogP contribution in [0, 0.1) is 16.7 Å². The van der Waals surface area contributed by atoms with Crippen molar-refractivity contribution in [1.29, 1.82) is 5.26 Å². The summed E-state index contributed by atoms with van der Waals surface area (Å²) in [5.74, 6) is 0. The highest BCUT2D eigenvalue weighted by atomic mass is 32.1. The summed E-state index contributed by atoms with van der Waals surface area (Å²) in [4.78, 5) is 0. The normalized spacial score (nSPS) is 19.5. The molecular weight excluding hydrogens is 228 g/mol. The average molecular weight is 242 g/mol. The molecule has 2 aromatic rings. The Morgan fingerprint density at radius 1 is 1.35 bits per heavy atom. The number of nitrogens with zero attached hydrogens (tertiary/aromatic N) is 1. The summed E-state index contributed by atoms with van der Waals surface area (Å²) in [6.07, 6.45) is 3.01. The van der Waals surface area contributed by atoms with Crippen LogP contribution in [-0.2, 0) is 0 Å². The maximum absolute atomic E-state index is 9.35. The van der Waals surface area contributed by atoms with Gasteiger partial charge in [0.05, 0.1) is 11.5 Å². The number of hydrogen-bond acceptors (Lipinski definition) is 3. The summed E-state index contributed by atoms with van der Waals surface area (Å²) >= 11 is 1.71. The molecular formula is C14H14N2S. The van der Waals surface area contributed by atoms with Gasteiger partial charge in [-0.2, -0.15) is 5.26 Å². The first kappa shape index (κ1) is 10.8. The molecule has 1 aliphatic carbocycles. The van der Waals surface area contributed by atoms with Gasteiger partial charge >= 0.3 is 0 Å². The molecule has 1 unspecified atom stereocenters. The highest BCUT2D eigenvalue weighted by Crippen LogP contribution is 2.50. The Hall–Kier alpha value is -1.37. The Balaban J connectivity index is 2.07. The van der Waals surface area contributed by atoms with Gasteiger partial charge in [0, 0.05) is 10.7 Å². The minimum Gasteiger partial charge on any atom is -0.323 e. The smallest absolute Gasteiger partial charge is 0.0766 e. The zero-order valence-electron chi connectivity index (χ0n) is 9.52. The van der Waals surface area contributed by atoms with Gasteiger partial charge in [0.1, 0.15) is 0 Å². The van der Waals surface area contributed by atoms with E-state index in [4.69, 9.17) is 5.73 Å².